The normalized spacial score (nSPS) is 16.6. The van der Waals surface area contributed by atoms with Gasteiger partial charge in [0.1, 0.15) is 5.75 Å². The molecule has 1 saturated heterocycles. The number of ether oxygens (including phenoxy) is 2. The van der Waals surface area contributed by atoms with Crippen LogP contribution in [0.2, 0.25) is 0 Å². The summed E-state index contributed by atoms with van der Waals surface area (Å²) >= 11 is 0. The summed E-state index contributed by atoms with van der Waals surface area (Å²) in [6.07, 6.45) is -4.97. The maximum Gasteiger partial charge on any atom is 0.419 e. The summed E-state index contributed by atoms with van der Waals surface area (Å²) in [6.45, 7) is 2.21. The van der Waals surface area contributed by atoms with Crippen LogP contribution in [0.3, 0.4) is 0 Å². The van der Waals surface area contributed by atoms with Crippen LogP contribution in [0.5, 0.6) is 5.75 Å². The van der Waals surface area contributed by atoms with E-state index in [1.165, 1.54) is 24.0 Å². The summed E-state index contributed by atoms with van der Waals surface area (Å²) in [5.74, 6) is -2.04. The smallest absolute Gasteiger partial charge is 0.419 e. The number of alkyl halides is 3. The molecule has 1 aliphatic rings. The number of carboxylic acid groups (broad SMARTS) is 1. The Hall–Kier alpha value is -2.29. The third-order valence-electron chi connectivity index (χ3n) is 4.33. The van der Waals surface area contributed by atoms with Gasteiger partial charge in [0.2, 0.25) is 0 Å². The average Bonchev–Trinajstić information content (AvgIpc) is 2.62. The molecule has 150 valence electrons. The summed E-state index contributed by atoms with van der Waals surface area (Å²) in [4.78, 5) is 25.1. The number of benzene rings is 1. The van der Waals surface area contributed by atoms with Gasteiger partial charge in [-0.05, 0) is 31.9 Å². The summed E-state index contributed by atoms with van der Waals surface area (Å²) in [5.41, 5.74) is -0.965. The Morgan fingerprint density at radius 3 is 2.52 bits per heavy atom. The van der Waals surface area contributed by atoms with Crippen molar-refractivity contribution in [2.24, 2.45) is 0 Å². The molecule has 0 radical (unpaired) electrons. The lowest BCUT2D eigenvalue weighted by Gasteiger charge is -2.35. The maximum atomic E-state index is 13.1. The van der Waals surface area contributed by atoms with Gasteiger partial charge in [-0.2, -0.15) is 13.2 Å². The number of rotatable bonds is 7. The number of hydrogen-bond acceptors (Lipinski definition) is 4. The third kappa shape index (κ3) is 5.85. The lowest BCUT2D eigenvalue weighted by molar-refractivity contribution is -0.147. The number of aliphatic carboxylic acids is 1. The van der Waals surface area contributed by atoms with E-state index in [0.29, 0.717) is 26.1 Å². The van der Waals surface area contributed by atoms with E-state index in [1.807, 2.05) is 0 Å². The van der Waals surface area contributed by atoms with Crippen LogP contribution in [-0.2, 0) is 20.5 Å². The predicted molar refractivity (Wildman–Crippen MR) is 89.3 cm³/mol. The minimum absolute atomic E-state index is 0.0343. The van der Waals surface area contributed by atoms with E-state index in [-0.39, 0.29) is 19.0 Å². The number of amides is 1. The van der Waals surface area contributed by atoms with Crippen molar-refractivity contribution in [1.29, 1.82) is 0 Å². The van der Waals surface area contributed by atoms with E-state index in [9.17, 15) is 22.8 Å². The van der Waals surface area contributed by atoms with Crippen LogP contribution in [0.4, 0.5) is 13.2 Å². The van der Waals surface area contributed by atoms with Gasteiger partial charge in [-0.3, -0.25) is 9.59 Å². The molecule has 2 rings (SSSR count). The number of carbonyl (C=O) groups excluding carboxylic acids is 1. The van der Waals surface area contributed by atoms with Crippen LogP contribution in [-0.4, -0.2) is 53.8 Å². The first-order chi connectivity index (χ1) is 12.7. The molecule has 1 N–H and O–H groups in total. The average molecular weight is 389 g/mol. The number of nitrogens with zero attached hydrogens (tertiary/aromatic N) is 1. The molecule has 1 aliphatic heterocycles. The largest absolute Gasteiger partial charge is 0.481 e. The third-order valence-corrected chi connectivity index (χ3v) is 4.33. The number of para-hydroxylation sites is 1. The fourth-order valence-corrected chi connectivity index (χ4v) is 2.96. The molecule has 9 heteroatoms. The highest BCUT2D eigenvalue weighted by atomic mass is 19.4. The van der Waals surface area contributed by atoms with Crippen LogP contribution in [0, 0.1) is 0 Å². The molecule has 0 aliphatic carbocycles. The van der Waals surface area contributed by atoms with E-state index in [0.717, 1.165) is 12.1 Å². The maximum absolute atomic E-state index is 13.1. The number of carboxylic acids is 1. The van der Waals surface area contributed by atoms with Gasteiger partial charge >= 0.3 is 12.1 Å². The highest BCUT2D eigenvalue weighted by Gasteiger charge is 2.36. The first-order valence-electron chi connectivity index (χ1n) is 8.63. The topological polar surface area (TPSA) is 76.1 Å². The van der Waals surface area contributed by atoms with Gasteiger partial charge in [0.05, 0.1) is 12.0 Å². The number of hydrogen-bond donors (Lipinski definition) is 1. The monoisotopic (exact) mass is 389 g/mol. The lowest BCUT2D eigenvalue weighted by Crippen LogP contribution is -2.49. The molecule has 1 amide bonds. The molecule has 0 bridgehead atoms. The Labute approximate surface area is 154 Å². The van der Waals surface area contributed by atoms with Crippen molar-refractivity contribution in [3.05, 3.63) is 29.8 Å². The molecule has 0 saturated carbocycles. The van der Waals surface area contributed by atoms with E-state index >= 15 is 0 Å². The van der Waals surface area contributed by atoms with Crippen molar-refractivity contribution in [2.75, 3.05) is 19.8 Å². The van der Waals surface area contributed by atoms with Crippen LogP contribution < -0.4 is 4.74 Å². The number of carbonyl (C=O) groups is 2. The summed E-state index contributed by atoms with van der Waals surface area (Å²) < 4.78 is 49.9. The Morgan fingerprint density at radius 1 is 1.30 bits per heavy atom. The molecular formula is C18H22F3NO5. The van der Waals surface area contributed by atoms with Gasteiger partial charge in [-0.1, -0.05) is 12.1 Å². The molecule has 0 aromatic heterocycles. The van der Waals surface area contributed by atoms with Gasteiger partial charge in [0.25, 0.3) is 5.91 Å². The highest BCUT2D eigenvalue weighted by Crippen LogP contribution is 2.36. The second kappa shape index (κ2) is 9.07. The first kappa shape index (κ1) is 21.0. The Morgan fingerprint density at radius 2 is 1.93 bits per heavy atom. The van der Waals surface area contributed by atoms with Crippen molar-refractivity contribution in [2.45, 2.75) is 44.5 Å². The van der Waals surface area contributed by atoms with E-state index in [2.05, 4.69) is 0 Å². The van der Waals surface area contributed by atoms with Crippen LogP contribution in [0.25, 0.3) is 0 Å². The molecule has 1 fully saturated rings. The first-order valence-corrected chi connectivity index (χ1v) is 8.63. The molecule has 0 spiro atoms. The fraction of sp³-hybridized carbons (Fsp3) is 0.556. The Kier molecular flexibility index (Phi) is 7.06. The van der Waals surface area contributed by atoms with Crippen molar-refractivity contribution >= 4 is 11.9 Å². The summed E-state index contributed by atoms with van der Waals surface area (Å²) in [7, 11) is 0. The Bertz CT molecular complexity index is 659. The second-order valence-corrected chi connectivity index (χ2v) is 6.27. The van der Waals surface area contributed by atoms with Crippen LogP contribution in [0.15, 0.2) is 24.3 Å². The molecule has 1 aromatic carbocycles. The minimum Gasteiger partial charge on any atom is -0.481 e. The molecular weight excluding hydrogens is 367 g/mol. The zero-order valence-corrected chi connectivity index (χ0v) is 14.9. The fourth-order valence-electron chi connectivity index (χ4n) is 2.96. The summed E-state index contributed by atoms with van der Waals surface area (Å²) in [5, 5.41) is 8.92. The van der Waals surface area contributed by atoms with Gasteiger partial charge in [0.15, 0.2) is 6.10 Å². The van der Waals surface area contributed by atoms with Gasteiger partial charge in [-0.15, -0.1) is 0 Å². The predicted octanol–water partition coefficient (Wildman–Crippen LogP) is 2.96. The summed E-state index contributed by atoms with van der Waals surface area (Å²) in [6, 6.07) is 4.44. The molecule has 6 nitrogen and oxygen atoms in total. The van der Waals surface area contributed by atoms with E-state index in [1.54, 1.807) is 0 Å². The lowest BCUT2D eigenvalue weighted by atomic mass is 10.1. The molecule has 1 heterocycles. The molecule has 1 aromatic rings. The quantitative estimate of drug-likeness (QED) is 0.776. The SMILES string of the molecule is CC(Oc1ccccc1C(F)(F)F)C(=O)N(CCC(=O)O)C1CCOCC1. The van der Waals surface area contributed by atoms with Crippen molar-refractivity contribution in [3.63, 3.8) is 0 Å². The molecule has 27 heavy (non-hydrogen) atoms. The zero-order valence-electron chi connectivity index (χ0n) is 14.9. The van der Waals surface area contributed by atoms with Crippen molar-refractivity contribution in [3.8, 4) is 5.75 Å². The second-order valence-electron chi connectivity index (χ2n) is 6.27. The van der Waals surface area contributed by atoms with Gasteiger partial charge in [0, 0.05) is 25.8 Å². The Balaban J connectivity index is 2.15. The van der Waals surface area contributed by atoms with Gasteiger partial charge in [-0.25, -0.2) is 0 Å². The molecule has 1 unspecified atom stereocenters. The highest BCUT2D eigenvalue weighted by molar-refractivity contribution is 5.81. The zero-order chi connectivity index (χ0) is 20.0. The van der Waals surface area contributed by atoms with Crippen LogP contribution >= 0.6 is 0 Å². The minimum atomic E-state index is -4.61. The van der Waals surface area contributed by atoms with Crippen molar-refractivity contribution in [1.82, 2.24) is 4.90 Å². The van der Waals surface area contributed by atoms with Gasteiger partial charge < -0.3 is 19.5 Å². The molecule has 1 atom stereocenters. The standard InChI is InChI=1S/C18H22F3NO5/c1-12(27-15-5-3-2-4-14(15)18(19,20)21)17(25)22(9-6-16(23)24)13-7-10-26-11-8-13/h2-5,12-13H,6-11H2,1H3,(H,23,24). The van der Waals surface area contributed by atoms with Crippen molar-refractivity contribution < 1.29 is 37.3 Å². The van der Waals surface area contributed by atoms with Crippen LogP contribution in [0.1, 0.15) is 31.7 Å². The van der Waals surface area contributed by atoms with E-state index in [4.69, 9.17) is 14.6 Å². The van der Waals surface area contributed by atoms with E-state index < -0.39 is 35.5 Å². The number of halogens is 3.